The average Bonchev–Trinajstić information content (AvgIpc) is 3.61. The van der Waals surface area contributed by atoms with Crippen LogP contribution in [0.4, 0.5) is 34.1 Å². The Balaban J connectivity index is 1.23. The highest BCUT2D eigenvalue weighted by atomic mass is 15.1. The molecule has 0 atom stereocenters. The van der Waals surface area contributed by atoms with Crippen LogP contribution in [0.1, 0.15) is 51.4 Å². The summed E-state index contributed by atoms with van der Waals surface area (Å²) in [5, 5.41) is 2.43. The first-order chi connectivity index (χ1) is 31.9. The van der Waals surface area contributed by atoms with E-state index in [4.69, 9.17) is 0 Å². The maximum absolute atomic E-state index is 4.08. The van der Waals surface area contributed by atoms with Gasteiger partial charge in [-0.1, -0.05) is 171 Å². The predicted molar refractivity (Wildman–Crippen MR) is 279 cm³/mol. The summed E-state index contributed by atoms with van der Waals surface area (Å²) < 4.78 is 0. The molecule has 0 aliphatic heterocycles. The first-order valence-electron chi connectivity index (χ1n) is 22.6. The highest BCUT2D eigenvalue weighted by Gasteiger charge is 2.44. The molecule has 0 amide bonds. The number of hydrogen-bond acceptors (Lipinski definition) is 2. The van der Waals surface area contributed by atoms with Crippen LogP contribution in [0, 0.1) is 6.92 Å². The van der Waals surface area contributed by atoms with Crippen molar-refractivity contribution in [3.63, 3.8) is 0 Å². The molecule has 10 rings (SSSR count). The fourth-order valence-electron chi connectivity index (χ4n) is 9.92. The van der Waals surface area contributed by atoms with E-state index in [0.717, 1.165) is 58.1 Å². The molecule has 9 aromatic rings. The van der Waals surface area contributed by atoms with Gasteiger partial charge < -0.3 is 9.80 Å². The molecule has 2 heteroatoms. The zero-order valence-electron chi connectivity index (χ0n) is 37.2. The Morgan fingerprint density at radius 1 is 0.431 bits per heavy atom. The van der Waals surface area contributed by atoms with E-state index >= 15 is 0 Å². The summed E-state index contributed by atoms with van der Waals surface area (Å²) in [4.78, 5) is 4.83. The standard InChI is InChI=1S/C63H52N2/c1-5-16-51-39-55(33-23-45(51)4)64(53-19-10-8-11-20-53)57-35-37-59-60-38-36-58(65(54-21-12-9-13-22-54)56-34-32-50-17-14-15-18-52(50)40-56)42-62(60)63(61(59)41-57,43-48-28-24-46(6-2)25-29-48)44-49-30-26-47(7-3)27-31-49/h5-42H,2-3,43-44H2,1,4H3. The minimum absolute atomic E-state index is 0.459. The Labute approximate surface area is 384 Å². The van der Waals surface area contributed by atoms with Crippen molar-refractivity contribution < 1.29 is 0 Å². The molecule has 0 aromatic heterocycles. The van der Waals surface area contributed by atoms with E-state index < -0.39 is 5.41 Å². The zero-order chi connectivity index (χ0) is 44.3. The number of para-hydroxylation sites is 2. The molecule has 0 saturated carbocycles. The minimum Gasteiger partial charge on any atom is -0.310 e. The molecule has 0 bridgehead atoms. The van der Waals surface area contributed by atoms with Crippen molar-refractivity contribution in [2.75, 3.05) is 9.80 Å². The van der Waals surface area contributed by atoms with Crippen LogP contribution in [-0.2, 0) is 18.3 Å². The van der Waals surface area contributed by atoms with Crippen LogP contribution in [0.3, 0.4) is 0 Å². The number of benzene rings is 9. The first-order valence-corrected chi connectivity index (χ1v) is 22.6. The lowest BCUT2D eigenvalue weighted by Crippen LogP contribution is -2.31. The summed E-state index contributed by atoms with van der Waals surface area (Å²) in [6, 6.07) is 76.1. The summed E-state index contributed by atoms with van der Waals surface area (Å²) in [7, 11) is 0. The molecule has 9 aromatic carbocycles. The number of anilines is 6. The van der Waals surface area contributed by atoms with Gasteiger partial charge in [0.05, 0.1) is 0 Å². The molecule has 0 N–H and O–H groups in total. The lowest BCUT2D eigenvalue weighted by molar-refractivity contribution is 0.520. The topological polar surface area (TPSA) is 6.48 Å². The van der Waals surface area contributed by atoms with E-state index in [9.17, 15) is 0 Å². The van der Waals surface area contributed by atoms with E-state index in [1.807, 2.05) is 12.2 Å². The Bertz CT molecular complexity index is 3140. The van der Waals surface area contributed by atoms with E-state index in [0.29, 0.717) is 0 Å². The van der Waals surface area contributed by atoms with E-state index in [1.54, 1.807) is 0 Å². The third kappa shape index (κ3) is 7.89. The lowest BCUT2D eigenvalue weighted by Gasteiger charge is -2.35. The average molecular weight is 837 g/mol. The second-order valence-corrected chi connectivity index (χ2v) is 17.2. The van der Waals surface area contributed by atoms with Gasteiger partial charge in [-0.25, -0.2) is 0 Å². The third-order valence-electron chi connectivity index (χ3n) is 13.2. The number of aryl methyl sites for hydroxylation is 1. The van der Waals surface area contributed by atoms with Crippen molar-refractivity contribution in [1.29, 1.82) is 0 Å². The molecular weight excluding hydrogens is 785 g/mol. The lowest BCUT2D eigenvalue weighted by atomic mass is 9.69. The smallest absolute Gasteiger partial charge is 0.0468 e. The van der Waals surface area contributed by atoms with Gasteiger partial charge in [0.15, 0.2) is 0 Å². The number of rotatable bonds is 13. The maximum Gasteiger partial charge on any atom is 0.0468 e. The van der Waals surface area contributed by atoms with Gasteiger partial charge in [0.2, 0.25) is 0 Å². The van der Waals surface area contributed by atoms with Crippen molar-refractivity contribution in [2.24, 2.45) is 0 Å². The van der Waals surface area contributed by atoms with Crippen LogP contribution in [-0.4, -0.2) is 0 Å². The summed E-state index contributed by atoms with van der Waals surface area (Å²) in [6.45, 7) is 12.4. The first kappa shape index (κ1) is 41.1. The Morgan fingerprint density at radius 3 is 1.38 bits per heavy atom. The Morgan fingerprint density at radius 2 is 0.877 bits per heavy atom. The van der Waals surface area contributed by atoms with Gasteiger partial charge in [0.1, 0.15) is 0 Å². The van der Waals surface area contributed by atoms with Gasteiger partial charge in [0, 0.05) is 39.5 Å². The second kappa shape index (κ2) is 17.7. The monoisotopic (exact) mass is 836 g/mol. The Hall–Kier alpha value is -7.94. The molecule has 0 heterocycles. The minimum atomic E-state index is -0.459. The maximum atomic E-state index is 4.08. The summed E-state index contributed by atoms with van der Waals surface area (Å²) in [5.41, 5.74) is 18.6. The predicted octanol–water partition coefficient (Wildman–Crippen LogP) is 17.2. The van der Waals surface area contributed by atoms with Gasteiger partial charge in [-0.15, -0.1) is 0 Å². The molecule has 0 unspecified atom stereocenters. The molecule has 65 heavy (non-hydrogen) atoms. The van der Waals surface area contributed by atoms with Crippen LogP contribution in [0.5, 0.6) is 0 Å². The molecule has 0 spiro atoms. The SMILES string of the molecule is C=Cc1ccc(CC2(Cc3ccc(C=C)cc3)c3cc(N(c4ccccc4)c4ccc(C)c(C=CC)c4)ccc3-c3ccc(N(c4ccccc4)c4ccc5ccccc5c4)cc32)cc1. The van der Waals surface area contributed by atoms with Crippen molar-refractivity contribution in [1.82, 2.24) is 0 Å². The van der Waals surface area contributed by atoms with Crippen LogP contribution in [0.25, 0.3) is 40.1 Å². The van der Waals surface area contributed by atoms with Crippen molar-refractivity contribution in [3.8, 4) is 11.1 Å². The molecule has 1 aliphatic rings. The molecule has 314 valence electrons. The molecule has 0 radical (unpaired) electrons. The summed E-state index contributed by atoms with van der Waals surface area (Å²) in [5.74, 6) is 0. The summed E-state index contributed by atoms with van der Waals surface area (Å²) >= 11 is 0. The van der Waals surface area contributed by atoms with E-state index in [1.165, 1.54) is 55.3 Å². The Kier molecular flexibility index (Phi) is 11.2. The van der Waals surface area contributed by atoms with Crippen molar-refractivity contribution in [2.45, 2.75) is 32.1 Å². The second-order valence-electron chi connectivity index (χ2n) is 17.2. The molecule has 0 saturated heterocycles. The van der Waals surface area contributed by atoms with Gasteiger partial charge in [-0.2, -0.15) is 0 Å². The highest BCUT2D eigenvalue weighted by Crippen LogP contribution is 2.55. The van der Waals surface area contributed by atoms with E-state index in [-0.39, 0.29) is 0 Å². The van der Waals surface area contributed by atoms with Gasteiger partial charge in [0.25, 0.3) is 0 Å². The number of allylic oxidation sites excluding steroid dienone is 1. The van der Waals surface area contributed by atoms with Crippen molar-refractivity contribution in [3.05, 3.63) is 270 Å². The van der Waals surface area contributed by atoms with Crippen LogP contribution >= 0.6 is 0 Å². The van der Waals surface area contributed by atoms with Gasteiger partial charge in [-0.05, 0) is 166 Å². The highest BCUT2D eigenvalue weighted by molar-refractivity contribution is 5.92. The largest absolute Gasteiger partial charge is 0.310 e. The van der Waals surface area contributed by atoms with Crippen LogP contribution < -0.4 is 9.80 Å². The third-order valence-corrected chi connectivity index (χ3v) is 13.2. The fraction of sp³-hybridized carbons (Fsp3) is 0.0794. The van der Waals surface area contributed by atoms with Gasteiger partial charge in [-0.3, -0.25) is 0 Å². The number of hydrogen-bond donors (Lipinski definition) is 0. The zero-order valence-corrected chi connectivity index (χ0v) is 37.2. The van der Waals surface area contributed by atoms with Crippen molar-refractivity contribution >= 4 is 63.1 Å². The molecule has 1 aliphatic carbocycles. The molecule has 2 nitrogen and oxygen atoms in total. The van der Waals surface area contributed by atoms with Crippen LogP contribution in [0.15, 0.2) is 225 Å². The number of fused-ring (bicyclic) bond motifs is 4. The molecular formula is C63H52N2. The molecule has 0 fully saturated rings. The van der Waals surface area contributed by atoms with E-state index in [2.05, 4.69) is 255 Å². The number of nitrogens with zero attached hydrogens (tertiary/aromatic N) is 2. The normalized spacial score (nSPS) is 12.5. The van der Waals surface area contributed by atoms with Gasteiger partial charge >= 0.3 is 0 Å². The quantitative estimate of drug-likeness (QED) is 0.114. The van der Waals surface area contributed by atoms with Crippen LogP contribution in [0.2, 0.25) is 0 Å². The fourth-order valence-corrected chi connectivity index (χ4v) is 9.92. The summed E-state index contributed by atoms with van der Waals surface area (Å²) in [6.07, 6.45) is 9.77.